The summed E-state index contributed by atoms with van der Waals surface area (Å²) in [5.74, 6) is 1.06. The van der Waals surface area contributed by atoms with Crippen molar-refractivity contribution < 1.29 is 9.47 Å². The van der Waals surface area contributed by atoms with Crippen molar-refractivity contribution >= 4 is 22.2 Å². The van der Waals surface area contributed by atoms with E-state index in [0.29, 0.717) is 35.5 Å². The summed E-state index contributed by atoms with van der Waals surface area (Å²) in [5, 5.41) is 0. The fourth-order valence-electron chi connectivity index (χ4n) is 3.52. The second kappa shape index (κ2) is 7.07. The second-order valence-electron chi connectivity index (χ2n) is 6.71. The van der Waals surface area contributed by atoms with Crippen LogP contribution in [0.2, 0.25) is 0 Å². The molecule has 0 radical (unpaired) electrons. The first-order chi connectivity index (χ1) is 14.7. The van der Waals surface area contributed by atoms with Crippen molar-refractivity contribution in [2.75, 3.05) is 7.11 Å². The molecule has 3 heterocycles. The number of nitrogens with one attached hydrogen (secondary N) is 1. The van der Waals surface area contributed by atoms with Crippen molar-refractivity contribution in [1.82, 2.24) is 24.1 Å². The number of fused-ring (bicyclic) bond motifs is 2. The van der Waals surface area contributed by atoms with Crippen molar-refractivity contribution in [2.45, 2.75) is 13.5 Å². The molecule has 0 aliphatic heterocycles. The molecule has 2 aromatic carbocycles. The lowest BCUT2D eigenvalue weighted by Crippen LogP contribution is -2.22. The first kappa shape index (κ1) is 18.0. The van der Waals surface area contributed by atoms with Gasteiger partial charge in [-0.25, -0.2) is 9.36 Å². The Morgan fingerprint density at radius 2 is 1.80 bits per heavy atom. The molecule has 0 atom stereocenters. The van der Waals surface area contributed by atoms with Gasteiger partial charge >= 0.3 is 5.69 Å². The zero-order valence-electron chi connectivity index (χ0n) is 16.5. The summed E-state index contributed by atoms with van der Waals surface area (Å²) in [6.45, 7) is 2.48. The lowest BCUT2D eigenvalue weighted by Gasteiger charge is -2.06. The van der Waals surface area contributed by atoms with E-state index >= 15 is 0 Å². The summed E-state index contributed by atoms with van der Waals surface area (Å²) in [4.78, 5) is 25.0. The Morgan fingerprint density at radius 3 is 2.53 bits per heavy atom. The summed E-state index contributed by atoms with van der Waals surface area (Å²) < 4.78 is 14.3. The number of aryl methyl sites for hydroxylation is 1. The zero-order valence-corrected chi connectivity index (χ0v) is 16.5. The summed E-state index contributed by atoms with van der Waals surface area (Å²) in [7, 11) is 1.55. The third kappa shape index (κ3) is 2.89. The maximum absolute atomic E-state index is 13.0. The highest BCUT2D eigenvalue weighted by molar-refractivity contribution is 5.76. The van der Waals surface area contributed by atoms with Gasteiger partial charge in [0.2, 0.25) is 5.88 Å². The number of hydrogen-bond donors (Lipinski definition) is 1. The van der Waals surface area contributed by atoms with E-state index < -0.39 is 0 Å². The highest BCUT2D eigenvalue weighted by Crippen LogP contribution is 2.24. The number of aromatic amines is 1. The van der Waals surface area contributed by atoms with Gasteiger partial charge in [-0.15, -0.1) is 0 Å². The fourth-order valence-corrected chi connectivity index (χ4v) is 3.52. The molecule has 0 aliphatic carbocycles. The van der Waals surface area contributed by atoms with Gasteiger partial charge in [0.25, 0.3) is 6.01 Å². The second-order valence-corrected chi connectivity index (χ2v) is 6.71. The van der Waals surface area contributed by atoms with Crippen LogP contribution < -0.4 is 15.2 Å². The van der Waals surface area contributed by atoms with Crippen LogP contribution in [0.5, 0.6) is 17.6 Å². The van der Waals surface area contributed by atoms with Crippen LogP contribution in [0.15, 0.2) is 65.5 Å². The van der Waals surface area contributed by atoms with Gasteiger partial charge < -0.3 is 14.5 Å². The Labute approximate surface area is 171 Å². The molecule has 150 valence electrons. The van der Waals surface area contributed by atoms with Crippen LogP contribution in [0.1, 0.15) is 6.92 Å². The monoisotopic (exact) mass is 401 g/mol. The quantitative estimate of drug-likeness (QED) is 0.483. The maximum atomic E-state index is 13.0. The van der Waals surface area contributed by atoms with Crippen molar-refractivity contribution in [1.29, 1.82) is 0 Å². The predicted molar refractivity (Wildman–Crippen MR) is 114 cm³/mol. The number of hydrogen-bond acceptors (Lipinski definition) is 5. The largest absolute Gasteiger partial charge is 0.481 e. The van der Waals surface area contributed by atoms with Gasteiger partial charge in [0, 0.05) is 12.6 Å². The normalized spacial score (nSPS) is 11.3. The number of pyridine rings is 1. The number of nitrogens with zero attached hydrogens (tertiary/aromatic N) is 4. The molecule has 0 aliphatic rings. The summed E-state index contributed by atoms with van der Waals surface area (Å²) in [6, 6.07) is 19.0. The van der Waals surface area contributed by atoms with E-state index in [-0.39, 0.29) is 5.69 Å². The number of H-pyrrole nitrogens is 1. The molecule has 0 spiro atoms. The molecule has 0 saturated heterocycles. The molecule has 3 aromatic heterocycles. The van der Waals surface area contributed by atoms with Gasteiger partial charge in [0.15, 0.2) is 5.65 Å². The van der Waals surface area contributed by atoms with E-state index in [1.807, 2.05) is 49.4 Å². The SMILES string of the molecule is CCn1c(=O)n(-c2ccc(Oc3nc4ccccc4[nH]3)cc2)c2nc(OC)ccc21. The molecule has 1 N–H and O–H groups in total. The number of para-hydroxylation sites is 2. The van der Waals surface area contributed by atoms with Gasteiger partial charge in [-0.3, -0.25) is 4.57 Å². The molecular weight excluding hydrogens is 382 g/mol. The lowest BCUT2D eigenvalue weighted by atomic mass is 10.3. The van der Waals surface area contributed by atoms with E-state index in [2.05, 4.69) is 15.0 Å². The Balaban J connectivity index is 1.53. The highest BCUT2D eigenvalue weighted by Gasteiger charge is 2.16. The van der Waals surface area contributed by atoms with E-state index in [0.717, 1.165) is 16.6 Å². The van der Waals surface area contributed by atoms with Crippen LogP contribution in [-0.2, 0) is 6.54 Å². The first-order valence-electron chi connectivity index (χ1n) is 9.57. The summed E-state index contributed by atoms with van der Waals surface area (Å²) in [6.07, 6.45) is 0. The minimum atomic E-state index is -0.154. The van der Waals surface area contributed by atoms with Crippen molar-refractivity contribution in [2.24, 2.45) is 0 Å². The molecule has 5 rings (SSSR count). The molecule has 8 heteroatoms. The van der Waals surface area contributed by atoms with Gasteiger partial charge in [0.1, 0.15) is 5.75 Å². The zero-order chi connectivity index (χ0) is 20.7. The van der Waals surface area contributed by atoms with Crippen LogP contribution in [-0.4, -0.2) is 31.2 Å². The van der Waals surface area contributed by atoms with Crippen LogP contribution in [0.25, 0.3) is 27.9 Å². The molecule has 0 unspecified atom stereocenters. The predicted octanol–water partition coefficient (Wildman–Crippen LogP) is 3.88. The van der Waals surface area contributed by atoms with E-state index in [9.17, 15) is 4.79 Å². The molecule has 30 heavy (non-hydrogen) atoms. The first-order valence-corrected chi connectivity index (χ1v) is 9.57. The van der Waals surface area contributed by atoms with Gasteiger partial charge in [-0.1, -0.05) is 12.1 Å². The van der Waals surface area contributed by atoms with E-state index in [4.69, 9.17) is 9.47 Å². The number of imidazole rings is 2. The standard InChI is InChI=1S/C22H19N5O3/c1-3-26-18-12-13-19(29-2)25-20(18)27(22(26)28)14-8-10-15(11-9-14)30-21-23-16-6-4-5-7-17(16)24-21/h4-13H,3H2,1-2H3,(H,23,24). The minimum Gasteiger partial charge on any atom is -0.481 e. The number of rotatable bonds is 5. The Hall–Kier alpha value is -4.07. The molecule has 8 nitrogen and oxygen atoms in total. The molecule has 0 saturated carbocycles. The Morgan fingerprint density at radius 1 is 1.00 bits per heavy atom. The highest BCUT2D eigenvalue weighted by atomic mass is 16.5. The smallest absolute Gasteiger partial charge is 0.334 e. The average molecular weight is 401 g/mol. The van der Waals surface area contributed by atoms with Crippen LogP contribution in [0, 0.1) is 0 Å². The third-order valence-electron chi connectivity index (χ3n) is 4.96. The van der Waals surface area contributed by atoms with Crippen molar-refractivity contribution in [3.8, 4) is 23.3 Å². The number of aromatic nitrogens is 5. The van der Waals surface area contributed by atoms with Gasteiger partial charge in [-0.2, -0.15) is 9.97 Å². The fraction of sp³-hybridized carbons (Fsp3) is 0.136. The lowest BCUT2D eigenvalue weighted by molar-refractivity contribution is 0.399. The molecule has 0 amide bonds. The number of ether oxygens (including phenoxy) is 2. The van der Waals surface area contributed by atoms with Crippen LogP contribution in [0.4, 0.5) is 0 Å². The molecule has 0 fully saturated rings. The number of benzene rings is 2. The molecule has 5 aromatic rings. The van der Waals surface area contributed by atoms with Gasteiger partial charge in [0.05, 0.1) is 29.3 Å². The third-order valence-corrected chi connectivity index (χ3v) is 4.96. The van der Waals surface area contributed by atoms with E-state index in [1.54, 1.807) is 34.4 Å². The van der Waals surface area contributed by atoms with Crippen LogP contribution >= 0.6 is 0 Å². The molecular formula is C22H19N5O3. The van der Waals surface area contributed by atoms with Crippen molar-refractivity contribution in [3.63, 3.8) is 0 Å². The summed E-state index contributed by atoms with van der Waals surface area (Å²) in [5.41, 5.74) is 3.58. The Kier molecular flexibility index (Phi) is 4.24. The summed E-state index contributed by atoms with van der Waals surface area (Å²) >= 11 is 0. The van der Waals surface area contributed by atoms with Gasteiger partial charge in [-0.05, 0) is 49.4 Å². The van der Waals surface area contributed by atoms with E-state index in [1.165, 1.54) is 0 Å². The maximum Gasteiger partial charge on any atom is 0.334 e. The van der Waals surface area contributed by atoms with Crippen LogP contribution in [0.3, 0.4) is 0 Å². The average Bonchev–Trinajstić information content (AvgIpc) is 3.30. The Bertz CT molecular complexity index is 1380. The molecule has 0 bridgehead atoms. The topological polar surface area (TPSA) is 87.0 Å². The minimum absolute atomic E-state index is 0.154. The number of methoxy groups -OCH3 is 1. The van der Waals surface area contributed by atoms with Crippen molar-refractivity contribution in [3.05, 3.63) is 71.1 Å².